The third-order valence-corrected chi connectivity index (χ3v) is 5.19. The number of carbonyl (C=O) groups excluding carboxylic acids is 1. The molecule has 3 aromatic heterocycles. The van der Waals surface area contributed by atoms with E-state index in [-0.39, 0.29) is 23.9 Å². The van der Waals surface area contributed by atoms with Crippen LogP contribution in [0.5, 0.6) is 0 Å². The first-order valence-corrected chi connectivity index (χ1v) is 9.65. The molecule has 0 radical (unpaired) electrons. The first-order chi connectivity index (χ1) is 15.3. The summed E-state index contributed by atoms with van der Waals surface area (Å²) in [4.78, 5) is 21.4. The zero-order chi connectivity index (χ0) is 22.9. The van der Waals surface area contributed by atoms with Crippen LogP contribution < -0.4 is 10.6 Å². The van der Waals surface area contributed by atoms with Gasteiger partial charge in [0.2, 0.25) is 5.95 Å². The van der Waals surface area contributed by atoms with Gasteiger partial charge in [-0.15, -0.1) is 10.2 Å². The first-order valence-electron chi connectivity index (χ1n) is 9.65. The molecule has 1 saturated heterocycles. The number of anilines is 1. The average molecular weight is 445 g/mol. The van der Waals surface area contributed by atoms with Crippen LogP contribution in [0.4, 0.5) is 23.9 Å². The lowest BCUT2D eigenvalue weighted by Gasteiger charge is -2.37. The summed E-state index contributed by atoms with van der Waals surface area (Å²) in [5.74, 6) is 0.416. The van der Waals surface area contributed by atoms with Crippen LogP contribution in [0.25, 0.3) is 5.65 Å². The van der Waals surface area contributed by atoms with E-state index in [9.17, 15) is 18.0 Å². The Balaban J connectivity index is 1.59. The van der Waals surface area contributed by atoms with Crippen molar-refractivity contribution < 1.29 is 18.0 Å². The molecule has 13 heteroatoms. The van der Waals surface area contributed by atoms with Crippen molar-refractivity contribution in [2.24, 2.45) is 0 Å². The van der Waals surface area contributed by atoms with Gasteiger partial charge < -0.3 is 15.5 Å². The van der Waals surface area contributed by atoms with E-state index in [0.29, 0.717) is 48.9 Å². The third kappa shape index (κ3) is 4.25. The summed E-state index contributed by atoms with van der Waals surface area (Å²) >= 11 is 0. The standard InChI is InChI=1S/C19H18F3N9O/c1-24-18(32)30-9-12(16-29-28-15-4-11(6-23)2-3-31(15)16)5-14(10-30)27-17-25-7-13(8-26-17)19(20,21)22/h2-4,7-8,12,14H,5,9-10H2,1H3,(H,24,32)(H,25,26,27). The molecule has 0 spiro atoms. The van der Waals surface area contributed by atoms with Crippen molar-refractivity contribution in [1.29, 1.82) is 5.26 Å². The van der Waals surface area contributed by atoms with Crippen LogP contribution in [0.1, 0.15) is 29.3 Å². The Morgan fingerprint density at radius 2 is 2.00 bits per heavy atom. The van der Waals surface area contributed by atoms with E-state index in [0.717, 1.165) is 0 Å². The zero-order valence-corrected chi connectivity index (χ0v) is 16.8. The molecule has 2 N–H and O–H groups in total. The number of pyridine rings is 1. The van der Waals surface area contributed by atoms with E-state index in [4.69, 9.17) is 5.26 Å². The van der Waals surface area contributed by atoms with Gasteiger partial charge in [-0.25, -0.2) is 14.8 Å². The van der Waals surface area contributed by atoms with Crippen molar-refractivity contribution in [3.05, 3.63) is 47.7 Å². The average Bonchev–Trinajstić information content (AvgIpc) is 3.21. The van der Waals surface area contributed by atoms with Gasteiger partial charge in [0.25, 0.3) is 0 Å². The maximum atomic E-state index is 12.8. The van der Waals surface area contributed by atoms with Crippen molar-refractivity contribution in [3.63, 3.8) is 0 Å². The topological polar surface area (TPSA) is 124 Å². The second-order valence-corrected chi connectivity index (χ2v) is 7.34. The Hall–Kier alpha value is -3.95. The van der Waals surface area contributed by atoms with E-state index in [1.54, 1.807) is 27.6 Å². The fraction of sp³-hybridized carbons (Fsp3) is 0.368. The number of hydrogen-bond acceptors (Lipinski definition) is 7. The molecule has 166 valence electrons. The molecule has 4 rings (SSSR count). The molecule has 0 aliphatic carbocycles. The Morgan fingerprint density at radius 3 is 2.66 bits per heavy atom. The molecule has 2 atom stereocenters. The largest absolute Gasteiger partial charge is 0.419 e. The molecule has 2 unspecified atom stereocenters. The Morgan fingerprint density at radius 1 is 1.25 bits per heavy atom. The molecule has 3 aromatic rings. The SMILES string of the molecule is CNC(=O)N1CC(Nc2ncc(C(F)(F)F)cn2)CC(c2nnc3cc(C#N)ccn23)C1. The lowest BCUT2D eigenvalue weighted by atomic mass is 9.93. The first kappa shape index (κ1) is 21.3. The maximum Gasteiger partial charge on any atom is 0.419 e. The summed E-state index contributed by atoms with van der Waals surface area (Å²) < 4.78 is 40.0. The second kappa shape index (κ2) is 8.29. The fourth-order valence-corrected chi connectivity index (χ4v) is 3.70. The molecule has 1 aliphatic heterocycles. The number of rotatable bonds is 3. The van der Waals surface area contributed by atoms with Gasteiger partial charge in [0, 0.05) is 56.8 Å². The third-order valence-electron chi connectivity index (χ3n) is 5.19. The number of nitriles is 1. The van der Waals surface area contributed by atoms with E-state index in [1.165, 1.54) is 7.05 Å². The van der Waals surface area contributed by atoms with Crippen LogP contribution in [-0.2, 0) is 6.18 Å². The number of urea groups is 1. The van der Waals surface area contributed by atoms with Gasteiger partial charge in [-0.1, -0.05) is 0 Å². The quantitative estimate of drug-likeness (QED) is 0.632. The molecular weight excluding hydrogens is 427 g/mol. The minimum atomic E-state index is -4.52. The van der Waals surface area contributed by atoms with Gasteiger partial charge in [-0.05, 0) is 12.5 Å². The Labute approximate surface area is 180 Å². The number of piperidine rings is 1. The van der Waals surface area contributed by atoms with Crippen molar-refractivity contribution in [2.45, 2.75) is 24.6 Å². The summed E-state index contributed by atoms with van der Waals surface area (Å²) in [7, 11) is 1.52. The summed E-state index contributed by atoms with van der Waals surface area (Å²) in [5, 5.41) is 23.1. The normalized spacial score (nSPS) is 18.9. The number of carbonyl (C=O) groups is 1. The minimum absolute atomic E-state index is 0.0327. The summed E-state index contributed by atoms with van der Waals surface area (Å²) in [6, 6.07) is 4.67. The monoisotopic (exact) mass is 445 g/mol. The number of alkyl halides is 3. The highest BCUT2D eigenvalue weighted by atomic mass is 19.4. The van der Waals surface area contributed by atoms with Crippen LogP contribution in [-0.4, -0.2) is 61.7 Å². The lowest BCUT2D eigenvalue weighted by Crippen LogP contribution is -2.51. The van der Waals surface area contributed by atoms with Crippen molar-refractivity contribution in [1.82, 2.24) is 34.8 Å². The number of nitrogens with one attached hydrogen (secondary N) is 2. The number of aromatic nitrogens is 5. The van der Waals surface area contributed by atoms with Crippen molar-refractivity contribution in [2.75, 3.05) is 25.5 Å². The number of nitrogens with zero attached hydrogens (tertiary/aromatic N) is 7. The van der Waals surface area contributed by atoms with Gasteiger partial charge in [-0.2, -0.15) is 18.4 Å². The molecule has 0 aromatic carbocycles. The molecule has 32 heavy (non-hydrogen) atoms. The number of hydrogen-bond donors (Lipinski definition) is 2. The van der Waals surface area contributed by atoms with E-state index >= 15 is 0 Å². The van der Waals surface area contributed by atoms with Gasteiger partial charge in [0.15, 0.2) is 5.65 Å². The highest BCUT2D eigenvalue weighted by Gasteiger charge is 2.34. The fourth-order valence-electron chi connectivity index (χ4n) is 3.70. The van der Waals surface area contributed by atoms with Crippen LogP contribution in [0.3, 0.4) is 0 Å². The summed E-state index contributed by atoms with van der Waals surface area (Å²) in [5.41, 5.74) is 0.0148. The minimum Gasteiger partial charge on any atom is -0.350 e. The molecule has 1 aliphatic rings. The van der Waals surface area contributed by atoms with Crippen LogP contribution in [0.15, 0.2) is 30.7 Å². The number of fused-ring (bicyclic) bond motifs is 1. The van der Waals surface area contributed by atoms with E-state index in [2.05, 4.69) is 30.8 Å². The number of amides is 2. The molecule has 0 bridgehead atoms. The van der Waals surface area contributed by atoms with E-state index < -0.39 is 11.7 Å². The molecule has 0 saturated carbocycles. The molecule has 4 heterocycles. The highest BCUT2D eigenvalue weighted by molar-refractivity contribution is 5.74. The zero-order valence-electron chi connectivity index (χ0n) is 16.8. The molecule has 10 nitrogen and oxygen atoms in total. The Kier molecular flexibility index (Phi) is 5.52. The molecular formula is C19H18F3N9O. The predicted molar refractivity (Wildman–Crippen MR) is 106 cm³/mol. The lowest BCUT2D eigenvalue weighted by molar-refractivity contribution is -0.138. The van der Waals surface area contributed by atoms with Crippen molar-refractivity contribution in [3.8, 4) is 6.07 Å². The van der Waals surface area contributed by atoms with Crippen LogP contribution in [0.2, 0.25) is 0 Å². The van der Waals surface area contributed by atoms with Crippen molar-refractivity contribution >= 4 is 17.6 Å². The Bertz CT molecular complexity index is 1170. The molecule has 1 fully saturated rings. The number of likely N-dealkylation sites (tertiary alicyclic amines) is 1. The predicted octanol–water partition coefficient (Wildman–Crippen LogP) is 2.02. The number of halogens is 3. The van der Waals surface area contributed by atoms with Crippen LogP contribution in [0, 0.1) is 11.3 Å². The summed E-state index contributed by atoms with van der Waals surface area (Å²) in [6.45, 7) is 0.669. The maximum absolute atomic E-state index is 12.8. The molecule has 2 amide bonds. The van der Waals surface area contributed by atoms with Gasteiger partial charge in [-0.3, -0.25) is 4.40 Å². The highest BCUT2D eigenvalue weighted by Crippen LogP contribution is 2.30. The van der Waals surface area contributed by atoms with Crippen LogP contribution >= 0.6 is 0 Å². The van der Waals surface area contributed by atoms with E-state index in [1.807, 2.05) is 6.07 Å². The second-order valence-electron chi connectivity index (χ2n) is 7.34. The van der Waals surface area contributed by atoms with Gasteiger partial charge in [0.1, 0.15) is 5.82 Å². The summed E-state index contributed by atoms with van der Waals surface area (Å²) in [6.07, 6.45) is -0.886. The van der Waals surface area contributed by atoms with Gasteiger partial charge >= 0.3 is 12.2 Å². The van der Waals surface area contributed by atoms with Gasteiger partial charge in [0.05, 0.1) is 17.2 Å². The smallest absolute Gasteiger partial charge is 0.350 e.